The lowest BCUT2D eigenvalue weighted by Crippen LogP contribution is -2.45. The van der Waals surface area contributed by atoms with Crippen LogP contribution in [0.25, 0.3) is 16.3 Å². The number of nitrogens with one attached hydrogen (secondary N) is 2. The van der Waals surface area contributed by atoms with Crippen molar-refractivity contribution in [1.29, 1.82) is 0 Å². The summed E-state index contributed by atoms with van der Waals surface area (Å²) >= 11 is 0. The molecule has 1 aliphatic rings. The lowest BCUT2D eigenvalue weighted by molar-refractivity contribution is -0.138. The van der Waals surface area contributed by atoms with E-state index in [9.17, 15) is 19.5 Å². The number of hydrogen-bond donors (Lipinski definition) is 5. The number of ether oxygens (including phenoxy) is 5. The number of guanidine groups is 1. The maximum atomic E-state index is 12.7. The highest BCUT2D eigenvalue weighted by Gasteiger charge is 2.25. The Morgan fingerprint density at radius 1 is 0.865 bits per heavy atom. The van der Waals surface area contributed by atoms with Crippen LogP contribution in [-0.4, -0.2) is 107 Å². The minimum Gasteiger partial charge on any atom is -0.491 e. The first-order valence-electron chi connectivity index (χ1n) is 18.0. The fourth-order valence-corrected chi connectivity index (χ4v) is 5.53. The molecule has 0 heterocycles. The number of hydrogen-bond acceptors (Lipinski definition) is 9. The maximum absolute atomic E-state index is 12.7. The number of carbonyl (C=O) groups is 3. The molecule has 0 fully saturated rings. The summed E-state index contributed by atoms with van der Waals surface area (Å²) in [4.78, 5) is 40.4. The van der Waals surface area contributed by atoms with Gasteiger partial charge in [0.2, 0.25) is 11.8 Å². The zero-order chi connectivity index (χ0) is 37.4. The van der Waals surface area contributed by atoms with Crippen molar-refractivity contribution < 1.29 is 43.2 Å². The Kier molecular flexibility index (Phi) is 19.9. The molecule has 14 heteroatoms. The van der Waals surface area contributed by atoms with Gasteiger partial charge in [-0.3, -0.25) is 19.4 Å². The molecule has 52 heavy (non-hydrogen) atoms. The summed E-state index contributed by atoms with van der Waals surface area (Å²) in [6.45, 7) is 6.93. The van der Waals surface area contributed by atoms with Crippen LogP contribution in [-0.2, 0) is 33.3 Å². The van der Waals surface area contributed by atoms with Crippen LogP contribution in [0.3, 0.4) is 0 Å². The number of unbranched alkanes of at least 4 members (excludes halogenated alkanes) is 1. The van der Waals surface area contributed by atoms with Crippen molar-refractivity contribution in [1.82, 2.24) is 10.6 Å². The molecule has 3 rings (SSSR count). The highest BCUT2D eigenvalue weighted by atomic mass is 16.6. The van der Waals surface area contributed by atoms with Crippen LogP contribution in [0.5, 0.6) is 5.75 Å². The quantitative estimate of drug-likeness (QED) is 0.0514. The minimum absolute atomic E-state index is 0.00320. The number of rotatable bonds is 27. The molecule has 286 valence electrons. The van der Waals surface area contributed by atoms with E-state index in [0.29, 0.717) is 78.7 Å². The topological polar surface area (TPSA) is 206 Å². The molecule has 1 unspecified atom stereocenters. The van der Waals surface area contributed by atoms with Gasteiger partial charge in [0.25, 0.3) is 0 Å². The van der Waals surface area contributed by atoms with E-state index in [2.05, 4.69) is 28.6 Å². The Bertz CT molecular complexity index is 1490. The molecule has 0 bridgehead atoms. The predicted molar refractivity (Wildman–Crippen MR) is 200 cm³/mol. The molecule has 0 aliphatic heterocycles. The second kappa shape index (κ2) is 24.6. The van der Waals surface area contributed by atoms with Gasteiger partial charge in [-0.1, -0.05) is 55.5 Å². The lowest BCUT2D eigenvalue weighted by Gasteiger charge is -2.26. The first-order chi connectivity index (χ1) is 25.3. The summed E-state index contributed by atoms with van der Waals surface area (Å²) in [5.74, 6) is -1.24. The summed E-state index contributed by atoms with van der Waals surface area (Å²) in [7, 11) is 0. The van der Waals surface area contributed by atoms with Crippen molar-refractivity contribution in [2.24, 2.45) is 22.4 Å². The summed E-state index contributed by atoms with van der Waals surface area (Å²) in [6, 6.07) is 11.3. The molecule has 0 saturated carbocycles. The summed E-state index contributed by atoms with van der Waals surface area (Å²) in [5.41, 5.74) is 12.6. The van der Waals surface area contributed by atoms with E-state index >= 15 is 0 Å². The van der Waals surface area contributed by atoms with Crippen LogP contribution in [0.1, 0.15) is 51.0 Å². The Hall–Kier alpha value is -4.50. The molecule has 0 radical (unpaired) electrons. The Labute approximate surface area is 305 Å². The number of aliphatic carboxylic acids is 1. The van der Waals surface area contributed by atoms with Gasteiger partial charge in [-0.25, -0.2) is 0 Å². The molecule has 14 nitrogen and oxygen atoms in total. The lowest BCUT2D eigenvalue weighted by atomic mass is 9.85. The molecule has 1 aliphatic carbocycles. The molecule has 0 aromatic heterocycles. The Morgan fingerprint density at radius 2 is 1.52 bits per heavy atom. The first-order valence-corrected chi connectivity index (χ1v) is 18.0. The summed E-state index contributed by atoms with van der Waals surface area (Å²) in [5, 5.41) is 16.9. The van der Waals surface area contributed by atoms with Gasteiger partial charge < -0.3 is 50.9 Å². The van der Waals surface area contributed by atoms with Crippen molar-refractivity contribution in [2.75, 3.05) is 72.6 Å². The molecule has 2 amide bonds. The van der Waals surface area contributed by atoms with Crippen molar-refractivity contribution >= 4 is 40.1 Å². The SMILES string of the molecule is CCCOCCOCCOCCOCCOc1ccc(C2=CCC([C@H](CC(=O)O)NC(=O)CNC(=O)CCCCN=C(N)N)C=C2)c2ccccc12. The number of benzene rings is 2. The minimum atomic E-state index is -1.02. The van der Waals surface area contributed by atoms with Crippen LogP contribution in [0.2, 0.25) is 0 Å². The van der Waals surface area contributed by atoms with E-state index in [4.69, 9.17) is 35.2 Å². The largest absolute Gasteiger partial charge is 0.491 e. The number of nitrogens with zero attached hydrogens (tertiary/aromatic N) is 1. The normalized spacial score (nSPS) is 14.4. The van der Waals surface area contributed by atoms with E-state index in [1.807, 2.05) is 48.6 Å². The van der Waals surface area contributed by atoms with Gasteiger partial charge in [0.1, 0.15) is 12.4 Å². The van der Waals surface area contributed by atoms with Gasteiger partial charge in [-0.15, -0.1) is 0 Å². The average Bonchev–Trinajstić information content (AvgIpc) is 3.13. The number of allylic oxidation sites excluding steroid dienone is 3. The van der Waals surface area contributed by atoms with Crippen LogP contribution < -0.4 is 26.8 Å². The van der Waals surface area contributed by atoms with E-state index < -0.39 is 17.9 Å². The third-order valence-corrected chi connectivity index (χ3v) is 8.09. The smallest absolute Gasteiger partial charge is 0.305 e. The monoisotopic (exact) mass is 725 g/mol. The highest BCUT2D eigenvalue weighted by molar-refractivity contribution is 5.99. The van der Waals surface area contributed by atoms with Gasteiger partial charge in [0.15, 0.2) is 5.96 Å². The van der Waals surface area contributed by atoms with E-state index in [1.165, 1.54) is 0 Å². The van der Waals surface area contributed by atoms with Gasteiger partial charge in [-0.05, 0) is 48.3 Å². The third kappa shape index (κ3) is 16.2. The fraction of sp³-hybridized carbons (Fsp3) is 0.526. The number of nitrogens with two attached hydrogens (primary N) is 2. The van der Waals surface area contributed by atoms with Crippen LogP contribution in [0.15, 0.2) is 59.6 Å². The Balaban J connectivity index is 1.44. The van der Waals surface area contributed by atoms with Gasteiger partial charge in [0.05, 0.1) is 59.2 Å². The van der Waals surface area contributed by atoms with Crippen molar-refractivity contribution in [3.63, 3.8) is 0 Å². The molecule has 2 aromatic rings. The van der Waals surface area contributed by atoms with E-state index in [0.717, 1.165) is 40.7 Å². The molecule has 2 atom stereocenters. The number of carboxylic acid groups (broad SMARTS) is 1. The third-order valence-electron chi connectivity index (χ3n) is 8.09. The molecular formula is C38H55N5O9. The highest BCUT2D eigenvalue weighted by Crippen LogP contribution is 2.35. The van der Waals surface area contributed by atoms with Gasteiger partial charge >= 0.3 is 5.97 Å². The second-order valence-electron chi connectivity index (χ2n) is 12.2. The molecule has 2 aromatic carbocycles. The molecular weight excluding hydrogens is 670 g/mol. The van der Waals surface area contributed by atoms with E-state index in [1.54, 1.807) is 0 Å². The number of carboxylic acids is 1. The average molecular weight is 726 g/mol. The summed E-state index contributed by atoms with van der Waals surface area (Å²) in [6.07, 6.45) is 8.67. The van der Waals surface area contributed by atoms with Gasteiger partial charge in [-0.2, -0.15) is 0 Å². The zero-order valence-electron chi connectivity index (χ0n) is 30.2. The van der Waals surface area contributed by atoms with E-state index in [-0.39, 0.29) is 37.2 Å². The standard InChI is InChI=1S/C38H55N5O9/c1-2-17-48-18-19-49-20-21-50-22-23-51-24-25-52-34-15-14-30(31-7-3-4-8-32(31)34)28-10-12-29(13-11-28)33(26-37(46)47)43-36(45)27-42-35(44)9-5-6-16-41-38(39)40/h3-4,7-8,10-12,14-15,29,33H,2,5-6,9,13,16-27H2,1H3,(H,42,44)(H,43,45)(H,46,47)(H4,39,40,41)/t29?,33-/m0/s1. The number of amides is 2. The van der Waals surface area contributed by atoms with Crippen molar-refractivity contribution in [3.05, 3.63) is 60.2 Å². The Morgan fingerprint density at radius 3 is 2.13 bits per heavy atom. The number of fused-ring (bicyclic) bond motifs is 1. The van der Waals surface area contributed by atoms with Gasteiger partial charge in [0, 0.05) is 36.9 Å². The molecule has 7 N–H and O–H groups in total. The zero-order valence-corrected chi connectivity index (χ0v) is 30.2. The van der Waals surface area contributed by atoms with Crippen LogP contribution >= 0.6 is 0 Å². The van der Waals surface area contributed by atoms with Crippen LogP contribution in [0.4, 0.5) is 0 Å². The second-order valence-corrected chi connectivity index (χ2v) is 12.2. The number of carbonyl (C=O) groups excluding carboxylic acids is 2. The fourth-order valence-electron chi connectivity index (χ4n) is 5.53. The molecule has 0 spiro atoms. The molecule has 0 saturated heterocycles. The van der Waals surface area contributed by atoms with Crippen molar-refractivity contribution in [3.8, 4) is 5.75 Å². The maximum Gasteiger partial charge on any atom is 0.305 e. The summed E-state index contributed by atoms with van der Waals surface area (Å²) < 4.78 is 28.1. The predicted octanol–water partition coefficient (Wildman–Crippen LogP) is 3.17. The first kappa shape index (κ1) is 41.9. The van der Waals surface area contributed by atoms with Crippen LogP contribution in [0, 0.1) is 5.92 Å². The number of aliphatic imine (C=N–C) groups is 1. The van der Waals surface area contributed by atoms with Crippen molar-refractivity contribution in [2.45, 2.75) is 51.5 Å².